The third-order valence-corrected chi connectivity index (χ3v) is 3.74. The zero-order valence-corrected chi connectivity index (χ0v) is 14.3. The molecule has 9 nitrogen and oxygen atoms in total. The van der Waals surface area contributed by atoms with E-state index in [0.29, 0.717) is 31.0 Å². The quantitative estimate of drug-likeness (QED) is 0.355. The number of carbonyl (C=O) groups is 1. The summed E-state index contributed by atoms with van der Waals surface area (Å²) in [6.07, 6.45) is 2.20. The summed E-state index contributed by atoms with van der Waals surface area (Å²) < 4.78 is 5.14. The van der Waals surface area contributed by atoms with E-state index in [4.69, 9.17) is 4.42 Å². The number of nitro groups is 1. The topological polar surface area (TPSA) is 123 Å². The number of hydrogen-bond donors (Lipinski definition) is 2. The van der Waals surface area contributed by atoms with E-state index < -0.39 is 4.92 Å². The highest BCUT2D eigenvalue weighted by Gasteiger charge is 2.07. The Kier molecular flexibility index (Phi) is 5.73. The summed E-state index contributed by atoms with van der Waals surface area (Å²) in [5, 5.41) is 24.0. The van der Waals surface area contributed by atoms with Crippen LogP contribution >= 0.6 is 0 Å². The van der Waals surface area contributed by atoms with Crippen molar-refractivity contribution in [3.63, 3.8) is 0 Å². The number of nitrogens with zero attached hydrogens (tertiary/aromatic N) is 3. The van der Waals surface area contributed by atoms with Gasteiger partial charge in [0, 0.05) is 42.0 Å². The van der Waals surface area contributed by atoms with Crippen LogP contribution in [0.2, 0.25) is 0 Å². The van der Waals surface area contributed by atoms with E-state index >= 15 is 0 Å². The van der Waals surface area contributed by atoms with Crippen LogP contribution in [-0.4, -0.2) is 27.6 Å². The van der Waals surface area contributed by atoms with Crippen LogP contribution in [0.25, 0.3) is 11.5 Å². The van der Waals surface area contributed by atoms with Crippen molar-refractivity contribution in [2.24, 2.45) is 0 Å². The van der Waals surface area contributed by atoms with Crippen LogP contribution in [-0.2, 0) is 4.79 Å². The fraction of sp³-hybridized carbons (Fsp3) is 0.167. The maximum atomic E-state index is 12.1. The van der Waals surface area contributed by atoms with Crippen molar-refractivity contribution in [1.82, 2.24) is 10.2 Å². The van der Waals surface area contributed by atoms with Gasteiger partial charge >= 0.3 is 0 Å². The van der Waals surface area contributed by atoms with E-state index in [1.807, 2.05) is 6.07 Å². The van der Waals surface area contributed by atoms with Crippen molar-refractivity contribution in [3.8, 4) is 11.5 Å². The van der Waals surface area contributed by atoms with Crippen LogP contribution in [0.5, 0.6) is 0 Å². The average Bonchev–Trinajstić information content (AvgIpc) is 3.21. The first-order valence-corrected chi connectivity index (χ1v) is 8.26. The number of carbonyl (C=O) groups excluding carboxylic acids is 1. The molecule has 0 fully saturated rings. The lowest BCUT2D eigenvalue weighted by atomic mass is 10.2. The maximum absolute atomic E-state index is 12.1. The Morgan fingerprint density at radius 2 is 1.96 bits per heavy atom. The molecule has 27 heavy (non-hydrogen) atoms. The second-order valence-corrected chi connectivity index (χ2v) is 5.71. The summed E-state index contributed by atoms with van der Waals surface area (Å²) in [4.78, 5) is 22.2. The lowest BCUT2D eigenvalue weighted by Gasteiger charge is -2.08. The molecule has 138 valence electrons. The molecule has 0 aliphatic heterocycles. The first kappa shape index (κ1) is 18.1. The highest BCUT2D eigenvalue weighted by Crippen LogP contribution is 2.20. The molecule has 3 rings (SSSR count). The number of non-ortho nitro benzene ring substituents is 1. The third-order valence-electron chi connectivity index (χ3n) is 3.74. The number of nitro benzene ring substituents is 1. The molecule has 9 heteroatoms. The molecule has 0 saturated heterocycles. The molecule has 0 atom stereocenters. The first-order valence-electron chi connectivity index (χ1n) is 8.26. The zero-order chi connectivity index (χ0) is 19.1. The van der Waals surface area contributed by atoms with Crippen LogP contribution in [0.3, 0.4) is 0 Å². The van der Waals surface area contributed by atoms with Gasteiger partial charge in [0.1, 0.15) is 0 Å². The molecule has 1 heterocycles. The highest BCUT2D eigenvalue weighted by molar-refractivity contribution is 5.91. The standard InChI is InChI=1S/C18H17N5O4/c24-17(5-2-10-19-14-6-8-16(9-7-14)23(25)26)21-15-4-1-3-13(11-15)18-22-20-12-27-18/h1,3-4,6-9,11-12,19H,2,5,10H2,(H,21,24). The minimum Gasteiger partial charge on any atom is -0.423 e. The summed E-state index contributed by atoms with van der Waals surface area (Å²) >= 11 is 0. The summed E-state index contributed by atoms with van der Waals surface area (Å²) in [6.45, 7) is 0.577. The van der Waals surface area contributed by atoms with Gasteiger partial charge in [-0.25, -0.2) is 0 Å². The minimum absolute atomic E-state index is 0.0442. The van der Waals surface area contributed by atoms with Gasteiger partial charge in [0.05, 0.1) is 4.92 Å². The van der Waals surface area contributed by atoms with Crippen molar-refractivity contribution < 1.29 is 14.1 Å². The Labute approximate surface area is 154 Å². The Bertz CT molecular complexity index is 910. The molecule has 1 aromatic heterocycles. The Hall–Kier alpha value is -3.75. The summed E-state index contributed by atoms with van der Waals surface area (Å²) in [7, 11) is 0. The lowest BCUT2D eigenvalue weighted by molar-refractivity contribution is -0.384. The van der Waals surface area contributed by atoms with Crippen LogP contribution in [0.4, 0.5) is 17.1 Å². The molecule has 0 radical (unpaired) electrons. The predicted molar refractivity (Wildman–Crippen MR) is 99.2 cm³/mol. The smallest absolute Gasteiger partial charge is 0.269 e. The van der Waals surface area contributed by atoms with Crippen molar-refractivity contribution >= 4 is 23.0 Å². The van der Waals surface area contributed by atoms with Crippen LogP contribution < -0.4 is 10.6 Å². The Morgan fingerprint density at radius 3 is 2.67 bits per heavy atom. The van der Waals surface area contributed by atoms with E-state index in [1.54, 1.807) is 30.3 Å². The number of aromatic nitrogens is 2. The number of hydrogen-bond acceptors (Lipinski definition) is 7. The lowest BCUT2D eigenvalue weighted by Crippen LogP contribution is -2.13. The fourth-order valence-corrected chi connectivity index (χ4v) is 2.43. The molecule has 2 N–H and O–H groups in total. The molecule has 0 aliphatic carbocycles. The van der Waals surface area contributed by atoms with Crippen LogP contribution in [0.15, 0.2) is 59.3 Å². The van der Waals surface area contributed by atoms with E-state index in [-0.39, 0.29) is 11.6 Å². The normalized spacial score (nSPS) is 10.4. The van der Waals surface area contributed by atoms with Crippen LogP contribution in [0.1, 0.15) is 12.8 Å². The molecular weight excluding hydrogens is 350 g/mol. The summed E-state index contributed by atoms with van der Waals surface area (Å²) in [5.41, 5.74) is 2.19. The van der Waals surface area contributed by atoms with E-state index in [1.165, 1.54) is 18.5 Å². The van der Waals surface area contributed by atoms with Gasteiger partial charge in [0.25, 0.3) is 5.69 Å². The van der Waals surface area contributed by atoms with Gasteiger partial charge in [-0.1, -0.05) is 6.07 Å². The molecule has 0 aliphatic rings. The molecular formula is C18H17N5O4. The van der Waals surface area contributed by atoms with Gasteiger partial charge in [0.2, 0.25) is 18.2 Å². The number of nitrogens with one attached hydrogen (secondary N) is 2. The van der Waals surface area contributed by atoms with Crippen molar-refractivity contribution in [2.45, 2.75) is 12.8 Å². The zero-order valence-electron chi connectivity index (χ0n) is 14.3. The van der Waals surface area contributed by atoms with Gasteiger partial charge in [0.15, 0.2) is 0 Å². The maximum Gasteiger partial charge on any atom is 0.269 e. The summed E-state index contributed by atoms with van der Waals surface area (Å²) in [6, 6.07) is 13.3. The Morgan fingerprint density at radius 1 is 1.15 bits per heavy atom. The first-order chi connectivity index (χ1) is 13.1. The Balaban J connectivity index is 1.43. The SMILES string of the molecule is O=C(CCCNc1ccc([N+](=O)[O-])cc1)Nc1cccc(-c2nnco2)c1. The van der Waals surface area contributed by atoms with Gasteiger partial charge < -0.3 is 15.1 Å². The average molecular weight is 367 g/mol. The predicted octanol–water partition coefficient (Wildman–Crippen LogP) is 3.48. The van der Waals surface area contributed by atoms with Gasteiger partial charge in [-0.05, 0) is 36.8 Å². The molecule has 0 spiro atoms. The van der Waals surface area contributed by atoms with Crippen molar-refractivity contribution in [3.05, 3.63) is 65.0 Å². The number of rotatable bonds is 8. The monoisotopic (exact) mass is 367 g/mol. The van der Waals surface area contributed by atoms with Gasteiger partial charge in [-0.15, -0.1) is 10.2 Å². The van der Waals surface area contributed by atoms with Gasteiger partial charge in [-0.3, -0.25) is 14.9 Å². The molecule has 1 amide bonds. The molecule has 0 saturated carbocycles. The summed E-state index contributed by atoms with van der Waals surface area (Å²) in [5.74, 6) is 0.279. The molecule has 3 aromatic rings. The molecule has 0 bridgehead atoms. The largest absolute Gasteiger partial charge is 0.423 e. The fourth-order valence-electron chi connectivity index (χ4n) is 2.43. The second-order valence-electron chi connectivity index (χ2n) is 5.71. The number of anilines is 2. The second kappa shape index (κ2) is 8.56. The number of benzene rings is 2. The van der Waals surface area contributed by atoms with E-state index in [9.17, 15) is 14.9 Å². The molecule has 0 unspecified atom stereocenters. The number of amides is 1. The van der Waals surface area contributed by atoms with Crippen molar-refractivity contribution in [2.75, 3.05) is 17.2 Å². The van der Waals surface area contributed by atoms with E-state index in [0.717, 1.165) is 11.3 Å². The highest BCUT2D eigenvalue weighted by atomic mass is 16.6. The van der Waals surface area contributed by atoms with Crippen LogP contribution in [0, 0.1) is 10.1 Å². The van der Waals surface area contributed by atoms with E-state index in [2.05, 4.69) is 20.8 Å². The molecule has 2 aromatic carbocycles. The third kappa shape index (κ3) is 5.11. The van der Waals surface area contributed by atoms with Crippen molar-refractivity contribution in [1.29, 1.82) is 0 Å². The van der Waals surface area contributed by atoms with Gasteiger partial charge in [-0.2, -0.15) is 0 Å². The minimum atomic E-state index is -0.443.